The van der Waals surface area contributed by atoms with E-state index < -0.39 is 4.92 Å². The topological polar surface area (TPSA) is 87.2 Å². The molecule has 0 radical (unpaired) electrons. The van der Waals surface area contributed by atoms with Crippen molar-refractivity contribution in [2.45, 2.75) is 19.9 Å². The van der Waals surface area contributed by atoms with Crippen LogP contribution in [0.25, 0.3) is 6.08 Å². The van der Waals surface area contributed by atoms with E-state index in [2.05, 4.69) is 6.07 Å². The smallest absolute Gasteiger partial charge is 0.269 e. The van der Waals surface area contributed by atoms with Crippen LogP contribution in [0, 0.1) is 21.4 Å². The van der Waals surface area contributed by atoms with Gasteiger partial charge in [-0.3, -0.25) is 14.9 Å². The zero-order valence-corrected chi connectivity index (χ0v) is 14.6. The monoisotopic (exact) mass is 349 g/mol. The molecule has 26 heavy (non-hydrogen) atoms. The molecule has 2 aromatic rings. The van der Waals surface area contributed by atoms with Crippen LogP contribution in [0.3, 0.4) is 0 Å². The van der Waals surface area contributed by atoms with Gasteiger partial charge in [0, 0.05) is 24.8 Å². The van der Waals surface area contributed by atoms with Gasteiger partial charge in [-0.05, 0) is 55.3 Å². The first kappa shape index (κ1) is 18.9. The van der Waals surface area contributed by atoms with Crippen LogP contribution in [0.5, 0.6) is 0 Å². The molecule has 0 fully saturated rings. The number of nitro benzene ring substituents is 1. The lowest BCUT2D eigenvalue weighted by Crippen LogP contribution is -2.32. The standard InChI is InChI=1S/C20H19N3O3/c1-3-22(15(2)18-9-4-17(14-21)5-10-18)20(24)13-8-16-6-11-19(12-7-16)23(25)26/h4-13,15H,3H2,1-2H3/b13-8+. The largest absolute Gasteiger partial charge is 0.333 e. The summed E-state index contributed by atoms with van der Waals surface area (Å²) < 4.78 is 0. The van der Waals surface area contributed by atoms with Crippen molar-refractivity contribution in [3.63, 3.8) is 0 Å². The molecule has 132 valence electrons. The quantitative estimate of drug-likeness (QED) is 0.446. The Morgan fingerprint density at radius 3 is 2.35 bits per heavy atom. The van der Waals surface area contributed by atoms with E-state index in [9.17, 15) is 14.9 Å². The number of non-ortho nitro benzene ring substituents is 1. The highest BCUT2D eigenvalue weighted by Crippen LogP contribution is 2.21. The average Bonchev–Trinajstić information content (AvgIpc) is 2.67. The molecule has 6 heteroatoms. The van der Waals surface area contributed by atoms with Gasteiger partial charge in [0.25, 0.3) is 5.69 Å². The number of hydrogen-bond donors (Lipinski definition) is 0. The Kier molecular flexibility index (Phi) is 6.23. The minimum atomic E-state index is -0.462. The first-order valence-corrected chi connectivity index (χ1v) is 8.19. The minimum Gasteiger partial charge on any atom is -0.333 e. The second kappa shape index (κ2) is 8.58. The molecule has 0 aliphatic carbocycles. The third kappa shape index (κ3) is 4.54. The molecule has 2 aromatic carbocycles. The predicted octanol–water partition coefficient (Wildman–Crippen LogP) is 4.09. The van der Waals surface area contributed by atoms with Gasteiger partial charge < -0.3 is 4.90 Å². The molecule has 0 spiro atoms. The third-order valence-electron chi connectivity index (χ3n) is 4.14. The van der Waals surface area contributed by atoms with Crippen LogP contribution in [-0.2, 0) is 4.79 Å². The van der Waals surface area contributed by atoms with Gasteiger partial charge in [0.2, 0.25) is 5.91 Å². The number of rotatable bonds is 6. The number of benzene rings is 2. The number of carbonyl (C=O) groups excluding carboxylic acids is 1. The molecule has 1 atom stereocenters. The summed E-state index contributed by atoms with van der Waals surface area (Å²) in [5.74, 6) is -0.150. The van der Waals surface area contributed by atoms with E-state index >= 15 is 0 Å². The Hall–Kier alpha value is -3.46. The molecule has 0 N–H and O–H groups in total. The maximum atomic E-state index is 12.5. The van der Waals surface area contributed by atoms with E-state index in [1.54, 1.807) is 35.2 Å². The van der Waals surface area contributed by atoms with Gasteiger partial charge in [-0.25, -0.2) is 0 Å². The highest BCUT2D eigenvalue weighted by molar-refractivity contribution is 5.92. The van der Waals surface area contributed by atoms with Crippen LogP contribution in [0.15, 0.2) is 54.6 Å². The van der Waals surface area contributed by atoms with Crippen LogP contribution >= 0.6 is 0 Å². The van der Waals surface area contributed by atoms with E-state index in [0.717, 1.165) is 5.56 Å². The summed E-state index contributed by atoms with van der Waals surface area (Å²) in [4.78, 5) is 24.5. The number of nitrogens with zero attached hydrogens (tertiary/aromatic N) is 3. The second-order valence-electron chi connectivity index (χ2n) is 5.72. The fourth-order valence-electron chi connectivity index (χ4n) is 2.61. The van der Waals surface area contributed by atoms with Crippen LogP contribution in [0.2, 0.25) is 0 Å². The Labute approximate surface area is 152 Å². The van der Waals surface area contributed by atoms with Crippen LogP contribution < -0.4 is 0 Å². The van der Waals surface area contributed by atoms with Gasteiger partial charge in [0.1, 0.15) is 0 Å². The summed E-state index contributed by atoms with van der Waals surface area (Å²) in [5.41, 5.74) is 2.25. The lowest BCUT2D eigenvalue weighted by atomic mass is 10.0. The summed E-state index contributed by atoms with van der Waals surface area (Å²) >= 11 is 0. The van der Waals surface area contributed by atoms with Crippen molar-refractivity contribution in [1.82, 2.24) is 4.90 Å². The summed E-state index contributed by atoms with van der Waals surface area (Å²) in [6.45, 7) is 4.37. The lowest BCUT2D eigenvalue weighted by Gasteiger charge is -2.27. The van der Waals surface area contributed by atoms with E-state index in [0.29, 0.717) is 17.7 Å². The van der Waals surface area contributed by atoms with Gasteiger partial charge in [-0.2, -0.15) is 5.26 Å². The molecule has 1 amide bonds. The van der Waals surface area contributed by atoms with Crippen molar-refractivity contribution in [2.75, 3.05) is 6.54 Å². The van der Waals surface area contributed by atoms with Crippen molar-refractivity contribution in [1.29, 1.82) is 5.26 Å². The van der Waals surface area contributed by atoms with Crippen molar-refractivity contribution < 1.29 is 9.72 Å². The highest BCUT2D eigenvalue weighted by atomic mass is 16.6. The van der Waals surface area contributed by atoms with Gasteiger partial charge in [0.05, 0.1) is 22.6 Å². The lowest BCUT2D eigenvalue weighted by molar-refractivity contribution is -0.384. The third-order valence-corrected chi connectivity index (χ3v) is 4.14. The fraction of sp³-hybridized carbons (Fsp3) is 0.200. The Morgan fingerprint density at radius 2 is 1.85 bits per heavy atom. The van der Waals surface area contributed by atoms with Crippen LogP contribution in [-0.4, -0.2) is 22.3 Å². The number of nitriles is 1. The zero-order valence-electron chi connectivity index (χ0n) is 14.6. The molecule has 6 nitrogen and oxygen atoms in total. The maximum Gasteiger partial charge on any atom is 0.269 e. The Bertz CT molecular complexity index is 849. The molecule has 1 unspecified atom stereocenters. The van der Waals surface area contributed by atoms with Gasteiger partial charge in [0.15, 0.2) is 0 Å². The van der Waals surface area contributed by atoms with Crippen LogP contribution in [0.4, 0.5) is 5.69 Å². The van der Waals surface area contributed by atoms with Gasteiger partial charge in [-0.1, -0.05) is 12.1 Å². The number of carbonyl (C=O) groups is 1. The SMILES string of the molecule is CCN(C(=O)/C=C/c1ccc([N+](=O)[O-])cc1)C(C)c1ccc(C#N)cc1. The molecule has 0 aliphatic rings. The number of likely N-dealkylation sites (N-methyl/N-ethyl adjacent to an activating group) is 1. The van der Waals surface area contributed by atoms with Gasteiger partial charge >= 0.3 is 0 Å². The van der Waals surface area contributed by atoms with Crippen molar-refractivity contribution in [3.8, 4) is 6.07 Å². The van der Waals surface area contributed by atoms with E-state index in [1.807, 2.05) is 26.0 Å². The van der Waals surface area contributed by atoms with Gasteiger partial charge in [-0.15, -0.1) is 0 Å². The molecule has 0 saturated heterocycles. The molecule has 0 bridgehead atoms. The molecule has 2 rings (SSSR count). The Balaban J connectivity index is 2.11. The van der Waals surface area contributed by atoms with E-state index in [4.69, 9.17) is 5.26 Å². The number of hydrogen-bond acceptors (Lipinski definition) is 4. The second-order valence-corrected chi connectivity index (χ2v) is 5.72. The van der Waals surface area contributed by atoms with Crippen molar-refractivity contribution >= 4 is 17.7 Å². The summed E-state index contributed by atoms with van der Waals surface area (Å²) in [6, 6.07) is 15.1. The Morgan fingerprint density at radius 1 is 1.23 bits per heavy atom. The molecule has 0 heterocycles. The number of amides is 1. The summed E-state index contributed by atoms with van der Waals surface area (Å²) in [5, 5.41) is 19.5. The first-order valence-electron chi connectivity index (χ1n) is 8.19. The summed E-state index contributed by atoms with van der Waals surface area (Å²) in [7, 11) is 0. The average molecular weight is 349 g/mol. The summed E-state index contributed by atoms with van der Waals surface area (Å²) in [6.07, 6.45) is 3.10. The van der Waals surface area contributed by atoms with E-state index in [1.165, 1.54) is 18.2 Å². The van der Waals surface area contributed by atoms with Crippen molar-refractivity contribution in [2.24, 2.45) is 0 Å². The molecular formula is C20H19N3O3. The van der Waals surface area contributed by atoms with E-state index in [-0.39, 0.29) is 17.6 Å². The van der Waals surface area contributed by atoms with Crippen LogP contribution in [0.1, 0.15) is 36.6 Å². The molecule has 0 saturated carbocycles. The fourth-order valence-corrected chi connectivity index (χ4v) is 2.61. The highest BCUT2D eigenvalue weighted by Gasteiger charge is 2.18. The zero-order chi connectivity index (χ0) is 19.1. The molecular weight excluding hydrogens is 330 g/mol. The minimum absolute atomic E-state index is 0.0121. The first-order chi connectivity index (χ1) is 12.5. The molecule has 0 aromatic heterocycles. The number of nitro groups is 1. The predicted molar refractivity (Wildman–Crippen MR) is 99.1 cm³/mol. The normalized spacial score (nSPS) is 11.7. The molecule has 0 aliphatic heterocycles. The maximum absolute atomic E-state index is 12.5. The van der Waals surface area contributed by atoms with Crippen molar-refractivity contribution in [3.05, 3.63) is 81.4 Å².